The van der Waals surface area contributed by atoms with Gasteiger partial charge >= 0.3 is 6.09 Å². The van der Waals surface area contributed by atoms with Gasteiger partial charge in [0.1, 0.15) is 11.6 Å². The van der Waals surface area contributed by atoms with Crippen molar-refractivity contribution < 1.29 is 14.3 Å². The summed E-state index contributed by atoms with van der Waals surface area (Å²) < 4.78 is 8.79. The molecule has 3 aliphatic rings. The van der Waals surface area contributed by atoms with Crippen LogP contribution < -0.4 is 5.32 Å². The number of amides is 2. The van der Waals surface area contributed by atoms with Crippen molar-refractivity contribution in [2.75, 3.05) is 33.2 Å². The molecule has 11 heteroatoms. The number of carbonyl (C=O) groups is 2. The third-order valence-electron chi connectivity index (χ3n) is 9.01. The minimum Gasteiger partial charge on any atom is -0.444 e. The van der Waals surface area contributed by atoms with E-state index in [0.29, 0.717) is 24.7 Å². The molecule has 0 bridgehead atoms. The molecule has 1 aromatic carbocycles. The fourth-order valence-corrected chi connectivity index (χ4v) is 7.31. The van der Waals surface area contributed by atoms with Gasteiger partial charge in [0.25, 0.3) is 0 Å². The van der Waals surface area contributed by atoms with E-state index in [2.05, 4.69) is 58.9 Å². The molecule has 2 fully saturated rings. The van der Waals surface area contributed by atoms with Crippen LogP contribution in [-0.2, 0) is 21.5 Å². The molecule has 1 saturated carbocycles. The summed E-state index contributed by atoms with van der Waals surface area (Å²) in [5, 5.41) is 3.94. The SMILES string of the molecule is CC.CN=C/C(Br)=C\C1=C[C@H](N2CCN(C(=O)OC(C)(C)C)C[C@@H]2C(=O)NCCC2(n3ccnc3)CCC2)c2ccc(Cl)cc2CC1. The number of piperazine rings is 1. The maximum atomic E-state index is 14.2. The van der Waals surface area contributed by atoms with E-state index < -0.39 is 17.7 Å². The summed E-state index contributed by atoms with van der Waals surface area (Å²) >= 11 is 10.1. The molecule has 1 aromatic heterocycles. The monoisotopic (exact) mass is 728 g/mol. The normalized spacial score (nSPS) is 21.5. The molecule has 0 radical (unpaired) electrons. The van der Waals surface area contributed by atoms with Crippen molar-refractivity contribution in [1.82, 2.24) is 24.7 Å². The molecule has 1 N–H and O–H groups in total. The molecule has 2 atom stereocenters. The van der Waals surface area contributed by atoms with Gasteiger partial charge in [-0.1, -0.05) is 37.6 Å². The molecule has 5 rings (SSSR count). The van der Waals surface area contributed by atoms with Crippen LogP contribution in [-0.4, -0.2) is 82.4 Å². The molecule has 0 spiro atoms. The zero-order valence-corrected chi connectivity index (χ0v) is 31.0. The first-order chi connectivity index (χ1) is 22.5. The van der Waals surface area contributed by atoms with E-state index in [-0.39, 0.29) is 24.0 Å². The lowest BCUT2D eigenvalue weighted by molar-refractivity contribution is -0.129. The van der Waals surface area contributed by atoms with E-state index in [0.717, 1.165) is 53.3 Å². The zero-order valence-electron chi connectivity index (χ0n) is 28.6. The van der Waals surface area contributed by atoms with Crippen molar-refractivity contribution in [1.29, 1.82) is 0 Å². The maximum Gasteiger partial charge on any atom is 0.410 e. The Morgan fingerprint density at radius 2 is 1.98 bits per heavy atom. The van der Waals surface area contributed by atoms with Crippen LogP contribution in [0.3, 0.4) is 0 Å². The van der Waals surface area contributed by atoms with E-state index >= 15 is 0 Å². The summed E-state index contributed by atoms with van der Waals surface area (Å²) in [6.07, 6.45) is 17.2. The number of aromatic nitrogens is 2. The summed E-state index contributed by atoms with van der Waals surface area (Å²) in [6.45, 7) is 11.3. The number of rotatable bonds is 8. The van der Waals surface area contributed by atoms with Crippen LogP contribution >= 0.6 is 27.5 Å². The molecule has 256 valence electrons. The van der Waals surface area contributed by atoms with Crippen LogP contribution in [0.5, 0.6) is 0 Å². The lowest BCUT2D eigenvalue weighted by atomic mass is 9.74. The number of nitrogens with one attached hydrogen (secondary N) is 1. The Kier molecular flexibility index (Phi) is 12.9. The van der Waals surface area contributed by atoms with Gasteiger partial charge in [-0.2, -0.15) is 0 Å². The predicted octanol–water partition coefficient (Wildman–Crippen LogP) is 7.46. The van der Waals surface area contributed by atoms with Crippen molar-refractivity contribution >= 4 is 45.7 Å². The van der Waals surface area contributed by atoms with Crippen molar-refractivity contribution in [2.24, 2.45) is 4.99 Å². The average Bonchev–Trinajstić information content (AvgIpc) is 3.49. The van der Waals surface area contributed by atoms with Gasteiger partial charge in [0, 0.05) is 66.9 Å². The molecule has 0 unspecified atom stereocenters. The summed E-state index contributed by atoms with van der Waals surface area (Å²) in [7, 11) is 1.74. The number of nitrogens with zero attached hydrogens (tertiary/aromatic N) is 5. The fraction of sp³-hybridized carbons (Fsp3) is 0.556. The Morgan fingerprint density at radius 3 is 2.62 bits per heavy atom. The number of imidazole rings is 1. The van der Waals surface area contributed by atoms with E-state index in [1.54, 1.807) is 18.2 Å². The third kappa shape index (κ3) is 9.36. The molecule has 2 heterocycles. The Morgan fingerprint density at radius 1 is 1.21 bits per heavy atom. The molecular formula is C36H50BrClN6O3. The summed E-state index contributed by atoms with van der Waals surface area (Å²) in [4.78, 5) is 39.7. The lowest BCUT2D eigenvalue weighted by Gasteiger charge is -2.45. The third-order valence-corrected chi connectivity index (χ3v) is 9.68. The van der Waals surface area contributed by atoms with E-state index in [1.807, 2.05) is 65.5 Å². The molecule has 2 aliphatic carbocycles. The molecule has 2 amide bonds. The summed E-state index contributed by atoms with van der Waals surface area (Å²) in [5.41, 5.74) is 2.79. The van der Waals surface area contributed by atoms with Gasteiger partial charge < -0.3 is 19.5 Å². The minimum absolute atomic E-state index is 0.00275. The van der Waals surface area contributed by atoms with Crippen LogP contribution in [0.15, 0.2) is 64.1 Å². The van der Waals surface area contributed by atoms with E-state index in [9.17, 15) is 9.59 Å². The summed E-state index contributed by atoms with van der Waals surface area (Å²) in [5.74, 6) is -0.0899. The number of hydrogen-bond donors (Lipinski definition) is 1. The van der Waals surface area contributed by atoms with Gasteiger partial charge in [-0.05, 0) is 110 Å². The number of fused-ring (bicyclic) bond motifs is 1. The van der Waals surface area contributed by atoms with Gasteiger partial charge in [-0.15, -0.1) is 0 Å². The number of allylic oxidation sites excluding steroid dienone is 3. The van der Waals surface area contributed by atoms with Crippen LogP contribution in [0.25, 0.3) is 0 Å². The average molecular weight is 730 g/mol. The van der Waals surface area contributed by atoms with Gasteiger partial charge in [0.15, 0.2) is 0 Å². The Bertz CT molecular complexity index is 1460. The smallest absolute Gasteiger partial charge is 0.410 e. The lowest BCUT2D eigenvalue weighted by Crippen LogP contribution is -2.61. The predicted molar refractivity (Wildman–Crippen MR) is 193 cm³/mol. The summed E-state index contributed by atoms with van der Waals surface area (Å²) in [6, 6.07) is 5.26. The van der Waals surface area contributed by atoms with Gasteiger partial charge in [-0.3, -0.25) is 14.7 Å². The maximum absolute atomic E-state index is 14.2. The van der Waals surface area contributed by atoms with Crippen molar-refractivity contribution in [3.63, 3.8) is 0 Å². The second-order valence-corrected chi connectivity index (χ2v) is 14.6. The number of ether oxygens (including phenoxy) is 1. The number of carbonyl (C=O) groups excluding carboxylic acids is 2. The number of aliphatic imine (C=N–C) groups is 1. The topological polar surface area (TPSA) is 92.1 Å². The second-order valence-electron chi connectivity index (χ2n) is 13.2. The Hall–Kier alpha value is -2.95. The first-order valence-electron chi connectivity index (χ1n) is 16.8. The molecule has 1 saturated heterocycles. The van der Waals surface area contributed by atoms with Crippen LogP contribution in [0.1, 0.15) is 83.9 Å². The quantitative estimate of drug-likeness (QED) is 0.285. The second kappa shape index (κ2) is 16.4. The zero-order chi connectivity index (χ0) is 34.2. The Labute approximate surface area is 293 Å². The first-order valence-corrected chi connectivity index (χ1v) is 17.9. The van der Waals surface area contributed by atoms with Gasteiger partial charge in [0.05, 0.1) is 12.4 Å². The fourth-order valence-electron chi connectivity index (χ4n) is 6.62. The standard InChI is InChI=1S/C34H44BrClN6O3.C2H6/c1-33(2,3)45-32(44)40-16-17-42(30(22-40)31(43)39-13-12-34(10-5-11-34)41-15-14-38-23-41)29-19-24(18-26(35)21-37-4)6-7-25-20-27(36)8-9-28(25)29;1-2/h8-9,14-15,18-21,23,29-30H,5-7,10-13,16-17,22H2,1-4H3,(H,39,43);1-2H3/b26-18+,37-21?;/t29-,30+;/m0./s1. The molecule has 9 nitrogen and oxygen atoms in total. The largest absolute Gasteiger partial charge is 0.444 e. The highest BCUT2D eigenvalue weighted by Gasteiger charge is 2.41. The van der Waals surface area contributed by atoms with E-state index in [4.69, 9.17) is 16.3 Å². The Balaban J connectivity index is 0.00000245. The number of halogens is 2. The molecule has 2 aromatic rings. The van der Waals surface area contributed by atoms with E-state index in [1.165, 1.54) is 6.42 Å². The van der Waals surface area contributed by atoms with Crippen molar-refractivity contribution in [3.05, 3.63) is 75.3 Å². The van der Waals surface area contributed by atoms with Gasteiger partial charge in [-0.25, -0.2) is 9.78 Å². The molecule has 1 aliphatic heterocycles. The molecular weight excluding hydrogens is 680 g/mol. The van der Waals surface area contributed by atoms with Crippen molar-refractivity contribution in [3.8, 4) is 0 Å². The van der Waals surface area contributed by atoms with Crippen molar-refractivity contribution in [2.45, 2.75) is 96.4 Å². The van der Waals surface area contributed by atoms with Crippen LogP contribution in [0, 0.1) is 0 Å². The van der Waals surface area contributed by atoms with Gasteiger partial charge in [0.2, 0.25) is 5.91 Å². The highest BCUT2D eigenvalue weighted by atomic mass is 79.9. The highest BCUT2D eigenvalue weighted by molar-refractivity contribution is 9.12. The van der Waals surface area contributed by atoms with Crippen LogP contribution in [0.2, 0.25) is 5.02 Å². The highest BCUT2D eigenvalue weighted by Crippen LogP contribution is 2.42. The van der Waals surface area contributed by atoms with Crippen LogP contribution in [0.4, 0.5) is 4.79 Å². The first kappa shape index (κ1) is 36.9. The number of benzene rings is 1. The minimum atomic E-state index is -0.630. The molecule has 47 heavy (non-hydrogen) atoms. The number of hydrogen-bond acceptors (Lipinski definition) is 6. The number of aryl methyl sites for hydroxylation is 1.